The summed E-state index contributed by atoms with van der Waals surface area (Å²) < 4.78 is 0. The van der Waals surface area contributed by atoms with Gasteiger partial charge in [0.1, 0.15) is 0 Å². The quantitative estimate of drug-likeness (QED) is 0.191. The van der Waals surface area contributed by atoms with Gasteiger partial charge in [-0.25, -0.2) is 0 Å². The first-order valence-electron chi connectivity index (χ1n) is 16.8. The minimum absolute atomic E-state index is 0.914. The Hall–Kier alpha value is -6.38. The molecule has 2 heterocycles. The van der Waals surface area contributed by atoms with Crippen LogP contribution in [-0.2, 0) is 0 Å². The average Bonchev–Trinajstić information content (AvgIpc) is 3.51. The maximum Gasteiger partial charge on any atom is 0.0702 e. The van der Waals surface area contributed by atoms with Crippen molar-refractivity contribution in [2.24, 2.45) is 0 Å². The molecular weight excluding hydrogens is 593 g/mol. The maximum absolute atomic E-state index is 4.71. The van der Waals surface area contributed by atoms with Crippen LogP contribution in [0.4, 0.5) is 0 Å². The number of benzene rings is 5. The lowest BCUT2D eigenvalue weighted by atomic mass is 9.87. The summed E-state index contributed by atoms with van der Waals surface area (Å²) >= 11 is 0. The molecule has 2 aliphatic rings. The predicted octanol–water partition coefficient (Wildman–Crippen LogP) is 9.93. The molecule has 0 unspecified atom stereocenters. The van der Waals surface area contributed by atoms with Gasteiger partial charge in [-0.3, -0.25) is 9.97 Å². The summed E-state index contributed by atoms with van der Waals surface area (Å²) in [5.74, 6) is 0. The molecule has 0 radical (unpaired) electrons. The Morgan fingerprint density at radius 1 is 0.388 bits per heavy atom. The zero-order chi connectivity index (χ0) is 32.6. The smallest absolute Gasteiger partial charge is 0.0702 e. The van der Waals surface area contributed by atoms with Crippen molar-refractivity contribution in [1.82, 2.24) is 9.97 Å². The van der Waals surface area contributed by atoms with Crippen LogP contribution in [0.1, 0.15) is 6.42 Å². The van der Waals surface area contributed by atoms with Gasteiger partial charge >= 0.3 is 0 Å². The molecule has 0 fully saturated rings. The SMILES string of the molecule is C1=CC2=c3ccccc3=c3ccc(-c4ccccc4-c4ccccc4-c4cc(-c5cccnc5)cc(-c5ccccn5)c4)cc3=C(C=C1)C2. The van der Waals surface area contributed by atoms with Crippen LogP contribution in [0.15, 0.2) is 182 Å². The van der Waals surface area contributed by atoms with E-state index in [-0.39, 0.29) is 0 Å². The van der Waals surface area contributed by atoms with Gasteiger partial charge < -0.3 is 0 Å². The van der Waals surface area contributed by atoms with Gasteiger partial charge in [0.05, 0.1) is 5.69 Å². The molecular formula is C47H32N2. The Labute approximate surface area is 285 Å². The third kappa shape index (κ3) is 5.34. The summed E-state index contributed by atoms with van der Waals surface area (Å²) in [5, 5.41) is 5.20. The summed E-state index contributed by atoms with van der Waals surface area (Å²) in [6, 6.07) is 50.4. The fraction of sp³-hybridized carbons (Fsp3) is 0.0213. The second-order valence-corrected chi connectivity index (χ2v) is 12.6. The highest BCUT2D eigenvalue weighted by Crippen LogP contribution is 2.40. The molecule has 2 nitrogen and oxygen atoms in total. The summed E-state index contributed by atoms with van der Waals surface area (Å²) in [5.41, 5.74) is 14.0. The normalized spacial score (nSPS) is 13.0. The van der Waals surface area contributed by atoms with E-state index in [0.717, 1.165) is 34.4 Å². The van der Waals surface area contributed by atoms with E-state index in [1.54, 1.807) is 0 Å². The topological polar surface area (TPSA) is 25.8 Å². The standard InChI is InChI=1S/C47H32N2/c1-2-13-33-26-32(12-1)39-15-3-7-19-43(39)45-23-22-34(30-46(33)45)40-16-4-6-18-42(40)44-20-8-5-17-41(44)37-27-36(35-14-11-24-48-31-35)28-38(29-37)47-21-9-10-25-49-47/h1-25,27-31H,26H2. The molecule has 230 valence electrons. The molecule has 2 bridgehead atoms. The number of aromatic nitrogens is 2. The molecule has 5 aromatic carbocycles. The Morgan fingerprint density at radius 2 is 1.02 bits per heavy atom. The number of allylic oxidation sites excluding steroid dienone is 4. The molecule has 9 rings (SSSR count). The highest BCUT2D eigenvalue weighted by Gasteiger charge is 2.16. The summed E-state index contributed by atoms with van der Waals surface area (Å²) in [6.45, 7) is 0. The molecule has 2 aliphatic carbocycles. The lowest BCUT2D eigenvalue weighted by Gasteiger charge is -2.17. The van der Waals surface area contributed by atoms with Gasteiger partial charge in [-0.2, -0.15) is 0 Å². The van der Waals surface area contributed by atoms with Gasteiger partial charge in [0.2, 0.25) is 0 Å². The number of pyridine rings is 2. The van der Waals surface area contributed by atoms with Crippen molar-refractivity contribution in [2.45, 2.75) is 6.42 Å². The Bertz CT molecular complexity index is 2610. The fourth-order valence-corrected chi connectivity index (χ4v) is 7.35. The van der Waals surface area contributed by atoms with E-state index in [1.807, 2.05) is 36.8 Å². The largest absolute Gasteiger partial charge is 0.264 e. The van der Waals surface area contributed by atoms with Gasteiger partial charge in [-0.05, 0) is 120 Å². The third-order valence-corrected chi connectivity index (χ3v) is 9.67. The summed E-state index contributed by atoms with van der Waals surface area (Å²) in [4.78, 5) is 9.13. The first-order valence-corrected chi connectivity index (χ1v) is 16.8. The average molecular weight is 625 g/mol. The first kappa shape index (κ1) is 28.8. The second-order valence-electron chi connectivity index (χ2n) is 12.6. The highest BCUT2D eigenvalue weighted by atomic mass is 14.7. The molecule has 0 atom stereocenters. The van der Waals surface area contributed by atoms with E-state index < -0.39 is 0 Å². The van der Waals surface area contributed by atoms with E-state index in [1.165, 1.54) is 59.8 Å². The lowest BCUT2D eigenvalue weighted by Crippen LogP contribution is -2.10. The van der Waals surface area contributed by atoms with Crippen LogP contribution < -0.4 is 10.4 Å². The molecule has 0 spiro atoms. The minimum Gasteiger partial charge on any atom is -0.264 e. The lowest BCUT2D eigenvalue weighted by molar-refractivity contribution is 1.32. The van der Waals surface area contributed by atoms with Crippen LogP contribution in [0.25, 0.3) is 66.9 Å². The van der Waals surface area contributed by atoms with E-state index in [4.69, 9.17) is 4.98 Å². The summed E-state index contributed by atoms with van der Waals surface area (Å²) in [7, 11) is 0. The molecule has 0 N–H and O–H groups in total. The van der Waals surface area contributed by atoms with Crippen LogP contribution in [-0.4, -0.2) is 9.97 Å². The van der Waals surface area contributed by atoms with E-state index in [0.29, 0.717) is 0 Å². The first-order chi connectivity index (χ1) is 24.3. The monoisotopic (exact) mass is 624 g/mol. The van der Waals surface area contributed by atoms with Crippen molar-refractivity contribution in [3.05, 3.63) is 203 Å². The van der Waals surface area contributed by atoms with Gasteiger partial charge in [-0.15, -0.1) is 0 Å². The Morgan fingerprint density at radius 3 is 1.76 bits per heavy atom. The third-order valence-electron chi connectivity index (χ3n) is 9.67. The van der Waals surface area contributed by atoms with Crippen molar-refractivity contribution in [2.75, 3.05) is 0 Å². The molecule has 2 aromatic heterocycles. The van der Waals surface area contributed by atoms with E-state index in [9.17, 15) is 0 Å². The molecule has 49 heavy (non-hydrogen) atoms. The van der Waals surface area contributed by atoms with Crippen molar-refractivity contribution in [3.8, 4) is 55.8 Å². The van der Waals surface area contributed by atoms with Crippen LogP contribution in [0.5, 0.6) is 0 Å². The van der Waals surface area contributed by atoms with E-state index in [2.05, 4.69) is 151 Å². The molecule has 2 heteroatoms. The van der Waals surface area contributed by atoms with Gasteiger partial charge in [0, 0.05) is 29.7 Å². The van der Waals surface area contributed by atoms with Gasteiger partial charge in [-0.1, -0.05) is 121 Å². The Balaban J connectivity index is 1.25. The molecule has 0 amide bonds. The number of fused-ring (bicyclic) bond motifs is 4. The number of rotatable bonds is 5. The van der Waals surface area contributed by atoms with Gasteiger partial charge in [0.15, 0.2) is 0 Å². The van der Waals surface area contributed by atoms with Crippen molar-refractivity contribution >= 4 is 11.1 Å². The number of hydrogen-bond acceptors (Lipinski definition) is 2. The minimum atomic E-state index is 0.914. The second kappa shape index (κ2) is 12.3. The zero-order valence-electron chi connectivity index (χ0n) is 26.9. The van der Waals surface area contributed by atoms with Gasteiger partial charge in [0.25, 0.3) is 0 Å². The molecule has 0 saturated carbocycles. The van der Waals surface area contributed by atoms with Crippen molar-refractivity contribution < 1.29 is 0 Å². The molecule has 7 aromatic rings. The Kier molecular flexibility index (Phi) is 7.25. The van der Waals surface area contributed by atoms with Crippen LogP contribution in [0.3, 0.4) is 0 Å². The number of nitrogens with zero attached hydrogens (tertiary/aromatic N) is 2. The fourth-order valence-electron chi connectivity index (χ4n) is 7.35. The molecule has 0 saturated heterocycles. The molecule has 0 aliphatic heterocycles. The summed E-state index contributed by atoms with van der Waals surface area (Å²) in [6.07, 6.45) is 15.4. The zero-order valence-corrected chi connectivity index (χ0v) is 26.9. The predicted molar refractivity (Wildman–Crippen MR) is 202 cm³/mol. The maximum atomic E-state index is 4.71. The van der Waals surface area contributed by atoms with Crippen LogP contribution >= 0.6 is 0 Å². The van der Waals surface area contributed by atoms with E-state index >= 15 is 0 Å². The number of hydrogen-bond donors (Lipinski definition) is 0. The highest BCUT2D eigenvalue weighted by molar-refractivity contribution is 5.93. The van der Waals surface area contributed by atoms with Crippen molar-refractivity contribution in [1.29, 1.82) is 0 Å². The van der Waals surface area contributed by atoms with Crippen molar-refractivity contribution in [3.63, 3.8) is 0 Å². The van der Waals surface area contributed by atoms with Crippen LogP contribution in [0, 0.1) is 10.4 Å². The van der Waals surface area contributed by atoms with Crippen LogP contribution in [0.2, 0.25) is 0 Å².